The Morgan fingerprint density at radius 1 is 0.943 bits per heavy atom. The molecule has 0 aliphatic heterocycles. The SMILES string of the molecule is CCCNC(=O)[C@@H](Cc1ccccc1)N(Cc1cccc(Br)c1)C(=O)CSCc1ccc(C)cc1. The number of hydrogen-bond acceptors (Lipinski definition) is 3. The lowest BCUT2D eigenvalue weighted by Crippen LogP contribution is -2.51. The molecule has 0 aliphatic rings. The maximum absolute atomic E-state index is 13.6. The molecule has 0 saturated heterocycles. The lowest BCUT2D eigenvalue weighted by molar-refractivity contribution is -0.139. The van der Waals surface area contributed by atoms with Crippen molar-refractivity contribution in [2.75, 3.05) is 12.3 Å². The predicted molar refractivity (Wildman–Crippen MR) is 149 cm³/mol. The number of halogens is 1. The maximum Gasteiger partial charge on any atom is 0.243 e. The molecule has 0 bridgehead atoms. The van der Waals surface area contributed by atoms with Crippen molar-refractivity contribution in [3.05, 3.63) is 106 Å². The van der Waals surface area contributed by atoms with Gasteiger partial charge in [0.25, 0.3) is 0 Å². The van der Waals surface area contributed by atoms with E-state index in [0.29, 0.717) is 25.3 Å². The van der Waals surface area contributed by atoms with Gasteiger partial charge in [-0.25, -0.2) is 0 Å². The molecule has 3 aromatic carbocycles. The number of thioether (sulfide) groups is 1. The molecule has 3 rings (SSSR count). The zero-order chi connectivity index (χ0) is 25.0. The van der Waals surface area contributed by atoms with Crippen LogP contribution < -0.4 is 5.32 Å². The van der Waals surface area contributed by atoms with E-state index in [1.807, 2.05) is 61.5 Å². The summed E-state index contributed by atoms with van der Waals surface area (Å²) in [5.41, 5.74) is 4.42. The van der Waals surface area contributed by atoms with Gasteiger partial charge in [-0.15, -0.1) is 11.8 Å². The summed E-state index contributed by atoms with van der Waals surface area (Å²) < 4.78 is 0.950. The number of amides is 2. The van der Waals surface area contributed by atoms with Gasteiger partial charge >= 0.3 is 0 Å². The highest BCUT2D eigenvalue weighted by molar-refractivity contribution is 9.10. The minimum Gasteiger partial charge on any atom is -0.354 e. The first kappa shape index (κ1) is 27.0. The highest BCUT2D eigenvalue weighted by atomic mass is 79.9. The summed E-state index contributed by atoms with van der Waals surface area (Å²) in [7, 11) is 0. The Hall–Kier alpha value is -2.57. The molecule has 0 heterocycles. The molecule has 0 unspecified atom stereocenters. The molecule has 4 nitrogen and oxygen atoms in total. The number of benzene rings is 3. The number of carbonyl (C=O) groups excluding carboxylic acids is 2. The van der Waals surface area contributed by atoms with Crippen molar-refractivity contribution in [3.63, 3.8) is 0 Å². The van der Waals surface area contributed by atoms with Crippen LogP contribution >= 0.6 is 27.7 Å². The van der Waals surface area contributed by atoms with Crippen molar-refractivity contribution >= 4 is 39.5 Å². The number of nitrogens with one attached hydrogen (secondary N) is 1. The monoisotopic (exact) mass is 552 g/mol. The van der Waals surface area contributed by atoms with Crippen molar-refractivity contribution in [1.29, 1.82) is 0 Å². The molecule has 184 valence electrons. The van der Waals surface area contributed by atoms with Crippen LogP contribution in [0.15, 0.2) is 83.3 Å². The Labute approximate surface area is 221 Å². The Morgan fingerprint density at radius 2 is 1.66 bits per heavy atom. The van der Waals surface area contributed by atoms with Crippen molar-refractivity contribution < 1.29 is 9.59 Å². The van der Waals surface area contributed by atoms with Crippen LogP contribution in [0.3, 0.4) is 0 Å². The van der Waals surface area contributed by atoms with Gasteiger partial charge in [-0.1, -0.05) is 95.1 Å². The lowest BCUT2D eigenvalue weighted by atomic mass is 10.0. The molecule has 0 aliphatic carbocycles. The number of rotatable bonds is 12. The minimum absolute atomic E-state index is 0.0327. The zero-order valence-electron chi connectivity index (χ0n) is 20.4. The van der Waals surface area contributed by atoms with E-state index >= 15 is 0 Å². The Morgan fingerprint density at radius 3 is 2.34 bits per heavy atom. The Balaban J connectivity index is 1.82. The van der Waals surface area contributed by atoms with E-state index in [0.717, 1.165) is 27.8 Å². The Bertz CT molecular complexity index is 1090. The van der Waals surface area contributed by atoms with E-state index in [2.05, 4.69) is 52.4 Å². The molecular formula is C29H33BrN2O2S. The normalized spacial score (nSPS) is 11.6. The third-order valence-electron chi connectivity index (χ3n) is 5.68. The van der Waals surface area contributed by atoms with Crippen LogP contribution in [0.2, 0.25) is 0 Å². The molecule has 0 saturated carbocycles. The fourth-order valence-corrected chi connectivity index (χ4v) is 5.09. The van der Waals surface area contributed by atoms with E-state index in [1.165, 1.54) is 11.1 Å². The third-order valence-corrected chi connectivity index (χ3v) is 7.16. The van der Waals surface area contributed by atoms with Gasteiger partial charge in [0.05, 0.1) is 5.75 Å². The molecule has 0 radical (unpaired) electrons. The van der Waals surface area contributed by atoms with Gasteiger partial charge in [0, 0.05) is 29.7 Å². The predicted octanol–water partition coefficient (Wildman–Crippen LogP) is 6.16. The van der Waals surface area contributed by atoms with Crippen LogP contribution in [0.4, 0.5) is 0 Å². The van der Waals surface area contributed by atoms with E-state index in [4.69, 9.17) is 0 Å². The second-order valence-corrected chi connectivity index (χ2v) is 10.5. The first-order valence-corrected chi connectivity index (χ1v) is 13.9. The van der Waals surface area contributed by atoms with Gasteiger partial charge in [0.1, 0.15) is 6.04 Å². The van der Waals surface area contributed by atoms with Crippen LogP contribution in [0.25, 0.3) is 0 Å². The number of carbonyl (C=O) groups is 2. The van der Waals surface area contributed by atoms with Crippen molar-refractivity contribution in [3.8, 4) is 0 Å². The summed E-state index contributed by atoms with van der Waals surface area (Å²) in [4.78, 5) is 28.7. The molecule has 2 amide bonds. The maximum atomic E-state index is 13.6. The first-order chi connectivity index (χ1) is 17.0. The fraction of sp³-hybridized carbons (Fsp3) is 0.310. The number of aryl methyl sites for hydroxylation is 1. The summed E-state index contributed by atoms with van der Waals surface area (Å²) >= 11 is 5.11. The molecule has 0 fully saturated rings. The first-order valence-electron chi connectivity index (χ1n) is 11.9. The van der Waals surface area contributed by atoms with Crippen LogP contribution in [-0.2, 0) is 28.3 Å². The van der Waals surface area contributed by atoms with E-state index < -0.39 is 6.04 Å². The summed E-state index contributed by atoms with van der Waals surface area (Å²) in [6.07, 6.45) is 1.31. The van der Waals surface area contributed by atoms with Gasteiger partial charge in [0.15, 0.2) is 0 Å². The van der Waals surface area contributed by atoms with E-state index in [1.54, 1.807) is 16.7 Å². The standard InChI is InChI=1S/C29H33BrN2O2S/c1-3-16-31-29(34)27(18-23-8-5-4-6-9-23)32(19-25-10-7-11-26(30)17-25)28(33)21-35-20-24-14-12-22(2)13-15-24/h4-15,17,27H,3,16,18-21H2,1-2H3,(H,31,34)/t27-/m1/s1. The zero-order valence-corrected chi connectivity index (χ0v) is 22.8. The molecule has 6 heteroatoms. The number of hydrogen-bond donors (Lipinski definition) is 1. The highest BCUT2D eigenvalue weighted by Gasteiger charge is 2.30. The van der Waals surface area contributed by atoms with Crippen molar-refractivity contribution in [1.82, 2.24) is 10.2 Å². The largest absolute Gasteiger partial charge is 0.354 e. The topological polar surface area (TPSA) is 49.4 Å². The van der Waals surface area contributed by atoms with Gasteiger partial charge in [0.2, 0.25) is 11.8 Å². The lowest BCUT2D eigenvalue weighted by Gasteiger charge is -2.31. The summed E-state index contributed by atoms with van der Waals surface area (Å²) in [6.45, 7) is 5.06. The molecule has 35 heavy (non-hydrogen) atoms. The molecule has 3 aromatic rings. The quantitative estimate of drug-likeness (QED) is 0.293. The van der Waals surface area contributed by atoms with Crippen molar-refractivity contribution in [2.24, 2.45) is 0 Å². The minimum atomic E-state index is -0.588. The molecular weight excluding hydrogens is 520 g/mol. The van der Waals surface area contributed by atoms with Crippen LogP contribution in [0, 0.1) is 6.92 Å². The Kier molecular flexibility index (Phi) is 10.9. The average molecular weight is 554 g/mol. The molecule has 1 N–H and O–H groups in total. The van der Waals surface area contributed by atoms with Crippen molar-refractivity contribution in [2.45, 2.75) is 45.0 Å². The molecule has 0 aromatic heterocycles. The summed E-state index contributed by atoms with van der Waals surface area (Å²) in [5.74, 6) is 0.924. The van der Waals surface area contributed by atoms with Crippen LogP contribution in [0.5, 0.6) is 0 Å². The average Bonchev–Trinajstić information content (AvgIpc) is 2.86. The second kappa shape index (κ2) is 14.1. The van der Waals surface area contributed by atoms with Crippen LogP contribution in [-0.4, -0.2) is 35.1 Å². The fourth-order valence-electron chi connectivity index (χ4n) is 3.78. The summed E-state index contributed by atoms with van der Waals surface area (Å²) in [6, 6.07) is 25.6. The third kappa shape index (κ3) is 8.86. The summed E-state index contributed by atoms with van der Waals surface area (Å²) in [5, 5.41) is 3.02. The molecule has 1 atom stereocenters. The van der Waals surface area contributed by atoms with E-state index in [9.17, 15) is 9.59 Å². The van der Waals surface area contributed by atoms with E-state index in [-0.39, 0.29) is 11.8 Å². The van der Waals surface area contributed by atoms with Crippen LogP contribution in [0.1, 0.15) is 35.6 Å². The highest BCUT2D eigenvalue weighted by Crippen LogP contribution is 2.20. The van der Waals surface area contributed by atoms with Gasteiger partial charge < -0.3 is 10.2 Å². The van der Waals surface area contributed by atoms with Gasteiger partial charge in [-0.2, -0.15) is 0 Å². The number of nitrogens with zero attached hydrogens (tertiary/aromatic N) is 1. The molecule has 0 spiro atoms. The smallest absolute Gasteiger partial charge is 0.243 e. The van der Waals surface area contributed by atoms with Gasteiger partial charge in [-0.05, 0) is 42.2 Å². The second-order valence-electron chi connectivity index (χ2n) is 8.63. The van der Waals surface area contributed by atoms with Gasteiger partial charge in [-0.3, -0.25) is 9.59 Å².